The number of benzene rings is 1. The molecule has 0 aliphatic carbocycles. The molecular weight excluding hydrogens is 325 g/mol. The number of anilines is 1. The quantitative estimate of drug-likeness (QED) is 0.803. The van der Waals surface area contributed by atoms with Crippen LogP contribution < -0.4 is 5.73 Å². The first kappa shape index (κ1) is 18.3. The van der Waals surface area contributed by atoms with E-state index in [1.54, 1.807) is 11.0 Å². The number of fused-ring (bicyclic) bond motifs is 1. The Labute approximate surface area is 141 Å². The van der Waals surface area contributed by atoms with E-state index in [0.717, 1.165) is 17.2 Å². The molecule has 0 atom stereocenters. The van der Waals surface area contributed by atoms with Crippen LogP contribution in [0.3, 0.4) is 0 Å². The standard InChI is InChI=1S/C14H17N5O.2ClH/c1-9-3-4-11(15)7-12(9)14(20)18-5-6-19-13(8-18)16-10(2)17-19;;/h3-4,7H,5-6,8,15H2,1-2H3;2*1H. The van der Waals surface area contributed by atoms with Crippen LogP contribution in [0.2, 0.25) is 0 Å². The van der Waals surface area contributed by atoms with E-state index in [1.807, 2.05) is 30.7 Å². The van der Waals surface area contributed by atoms with Crippen molar-refractivity contribution in [2.75, 3.05) is 12.3 Å². The van der Waals surface area contributed by atoms with Gasteiger partial charge in [0.25, 0.3) is 5.91 Å². The number of amides is 1. The summed E-state index contributed by atoms with van der Waals surface area (Å²) < 4.78 is 1.87. The van der Waals surface area contributed by atoms with Crippen molar-refractivity contribution in [1.82, 2.24) is 19.7 Å². The maximum Gasteiger partial charge on any atom is 0.254 e. The van der Waals surface area contributed by atoms with Crippen LogP contribution in [0.25, 0.3) is 0 Å². The van der Waals surface area contributed by atoms with Crippen LogP contribution in [0.4, 0.5) is 5.69 Å². The second kappa shape index (κ2) is 6.98. The van der Waals surface area contributed by atoms with Gasteiger partial charge in [0.1, 0.15) is 11.6 Å². The van der Waals surface area contributed by atoms with Crippen molar-refractivity contribution < 1.29 is 4.79 Å². The lowest BCUT2D eigenvalue weighted by Gasteiger charge is -2.27. The SMILES string of the molecule is Cc1nc2n(n1)CCN(C(=O)c1cc(N)ccc1C)C2.Cl.Cl. The first-order chi connectivity index (χ1) is 9.54. The predicted octanol–water partition coefficient (Wildman–Crippen LogP) is 1.98. The minimum absolute atomic E-state index is 0. The molecule has 0 bridgehead atoms. The van der Waals surface area contributed by atoms with Gasteiger partial charge in [-0.15, -0.1) is 24.8 Å². The molecule has 120 valence electrons. The van der Waals surface area contributed by atoms with E-state index < -0.39 is 0 Å². The van der Waals surface area contributed by atoms with Gasteiger partial charge < -0.3 is 10.6 Å². The van der Waals surface area contributed by atoms with Crippen LogP contribution in [0, 0.1) is 13.8 Å². The van der Waals surface area contributed by atoms with E-state index in [2.05, 4.69) is 10.1 Å². The lowest BCUT2D eigenvalue weighted by atomic mass is 10.1. The van der Waals surface area contributed by atoms with E-state index in [-0.39, 0.29) is 30.7 Å². The number of rotatable bonds is 1. The summed E-state index contributed by atoms with van der Waals surface area (Å²) in [6.07, 6.45) is 0. The van der Waals surface area contributed by atoms with Gasteiger partial charge in [-0.2, -0.15) is 5.10 Å². The lowest BCUT2D eigenvalue weighted by Crippen LogP contribution is -2.39. The van der Waals surface area contributed by atoms with Crippen LogP contribution in [0.1, 0.15) is 27.6 Å². The smallest absolute Gasteiger partial charge is 0.254 e. The highest BCUT2D eigenvalue weighted by atomic mass is 35.5. The predicted molar refractivity (Wildman–Crippen MR) is 89.6 cm³/mol. The third-order valence-corrected chi connectivity index (χ3v) is 3.55. The average molecular weight is 344 g/mol. The monoisotopic (exact) mass is 343 g/mol. The maximum absolute atomic E-state index is 12.6. The molecule has 6 nitrogen and oxygen atoms in total. The van der Waals surface area contributed by atoms with E-state index in [9.17, 15) is 4.79 Å². The molecule has 0 saturated carbocycles. The largest absolute Gasteiger partial charge is 0.399 e. The van der Waals surface area contributed by atoms with Gasteiger partial charge in [0.2, 0.25) is 0 Å². The van der Waals surface area contributed by atoms with Gasteiger partial charge in [-0.05, 0) is 31.5 Å². The second-order valence-corrected chi connectivity index (χ2v) is 5.10. The molecule has 3 rings (SSSR count). The van der Waals surface area contributed by atoms with Crippen molar-refractivity contribution >= 4 is 36.4 Å². The van der Waals surface area contributed by atoms with Crippen molar-refractivity contribution in [1.29, 1.82) is 0 Å². The van der Waals surface area contributed by atoms with Crippen molar-refractivity contribution in [3.8, 4) is 0 Å². The number of halogens is 2. The summed E-state index contributed by atoms with van der Waals surface area (Å²) in [7, 11) is 0. The molecule has 1 aliphatic heterocycles. The van der Waals surface area contributed by atoms with Gasteiger partial charge >= 0.3 is 0 Å². The van der Waals surface area contributed by atoms with Crippen LogP contribution in [0.15, 0.2) is 18.2 Å². The minimum Gasteiger partial charge on any atom is -0.399 e. The Bertz CT molecular complexity index is 686. The second-order valence-electron chi connectivity index (χ2n) is 5.10. The zero-order valence-electron chi connectivity index (χ0n) is 12.4. The molecular formula is C14H19Cl2N5O. The molecule has 2 heterocycles. The van der Waals surface area contributed by atoms with Crippen LogP contribution in [-0.4, -0.2) is 32.1 Å². The van der Waals surface area contributed by atoms with E-state index in [1.165, 1.54) is 0 Å². The zero-order valence-corrected chi connectivity index (χ0v) is 14.1. The number of aryl methyl sites for hydroxylation is 2. The highest BCUT2D eigenvalue weighted by molar-refractivity contribution is 5.96. The van der Waals surface area contributed by atoms with Crippen molar-refractivity contribution in [2.45, 2.75) is 26.9 Å². The normalized spacial score (nSPS) is 12.9. The summed E-state index contributed by atoms with van der Waals surface area (Å²) in [6.45, 7) is 5.60. The fourth-order valence-electron chi connectivity index (χ4n) is 2.47. The Kier molecular flexibility index (Phi) is 5.79. The maximum atomic E-state index is 12.6. The van der Waals surface area contributed by atoms with Gasteiger partial charge in [-0.25, -0.2) is 9.67 Å². The molecule has 0 radical (unpaired) electrons. The first-order valence-corrected chi connectivity index (χ1v) is 6.60. The number of carbonyl (C=O) groups is 1. The van der Waals surface area contributed by atoms with Crippen molar-refractivity contribution in [3.63, 3.8) is 0 Å². The zero-order chi connectivity index (χ0) is 14.3. The summed E-state index contributed by atoms with van der Waals surface area (Å²) in [5, 5.41) is 4.30. The molecule has 8 heteroatoms. The highest BCUT2D eigenvalue weighted by Gasteiger charge is 2.24. The van der Waals surface area contributed by atoms with E-state index >= 15 is 0 Å². The van der Waals surface area contributed by atoms with Gasteiger partial charge in [0, 0.05) is 17.8 Å². The Balaban J connectivity index is 0.00000121. The molecule has 1 aliphatic rings. The molecule has 22 heavy (non-hydrogen) atoms. The molecule has 1 amide bonds. The molecule has 1 aromatic heterocycles. The fourth-order valence-corrected chi connectivity index (χ4v) is 2.47. The average Bonchev–Trinajstić information content (AvgIpc) is 2.79. The van der Waals surface area contributed by atoms with Gasteiger partial charge in [0.05, 0.1) is 13.1 Å². The summed E-state index contributed by atoms with van der Waals surface area (Å²) in [6, 6.07) is 5.42. The van der Waals surface area contributed by atoms with Crippen molar-refractivity contribution in [3.05, 3.63) is 41.0 Å². The molecule has 0 spiro atoms. The van der Waals surface area contributed by atoms with Gasteiger partial charge in [-0.3, -0.25) is 4.79 Å². The first-order valence-electron chi connectivity index (χ1n) is 6.60. The minimum atomic E-state index is 0. The summed E-state index contributed by atoms with van der Waals surface area (Å²) in [5.74, 6) is 1.58. The Hall–Kier alpha value is -1.79. The lowest BCUT2D eigenvalue weighted by molar-refractivity contribution is 0.0702. The van der Waals surface area contributed by atoms with E-state index in [4.69, 9.17) is 5.73 Å². The number of nitrogens with zero attached hydrogens (tertiary/aromatic N) is 4. The number of hydrogen-bond donors (Lipinski definition) is 1. The van der Waals surface area contributed by atoms with Crippen LogP contribution in [0.5, 0.6) is 0 Å². The van der Waals surface area contributed by atoms with Crippen LogP contribution >= 0.6 is 24.8 Å². The molecule has 2 aromatic rings. The third-order valence-electron chi connectivity index (χ3n) is 3.55. The number of aromatic nitrogens is 3. The van der Waals surface area contributed by atoms with Crippen molar-refractivity contribution in [2.24, 2.45) is 0 Å². The topological polar surface area (TPSA) is 77.0 Å². The number of carbonyl (C=O) groups excluding carboxylic acids is 1. The van der Waals surface area contributed by atoms with Gasteiger partial charge in [0.15, 0.2) is 0 Å². The molecule has 0 unspecified atom stereocenters. The van der Waals surface area contributed by atoms with Gasteiger partial charge in [-0.1, -0.05) is 6.07 Å². The molecule has 0 saturated heterocycles. The van der Waals surface area contributed by atoms with Crippen LogP contribution in [-0.2, 0) is 13.1 Å². The molecule has 1 aromatic carbocycles. The number of nitrogen functional groups attached to an aromatic ring is 1. The number of nitrogens with two attached hydrogens (primary N) is 1. The third kappa shape index (κ3) is 3.34. The number of hydrogen-bond acceptors (Lipinski definition) is 4. The summed E-state index contributed by atoms with van der Waals surface area (Å²) >= 11 is 0. The molecule has 2 N–H and O–H groups in total. The van der Waals surface area contributed by atoms with E-state index in [0.29, 0.717) is 30.9 Å². The fraction of sp³-hybridized carbons (Fsp3) is 0.357. The summed E-state index contributed by atoms with van der Waals surface area (Å²) in [5.41, 5.74) is 7.98. The Morgan fingerprint density at radius 2 is 1.95 bits per heavy atom. The highest BCUT2D eigenvalue weighted by Crippen LogP contribution is 2.18. The summed E-state index contributed by atoms with van der Waals surface area (Å²) in [4.78, 5) is 18.7. The Morgan fingerprint density at radius 1 is 1.23 bits per heavy atom. The Morgan fingerprint density at radius 3 is 2.68 bits per heavy atom. The molecule has 0 fully saturated rings.